The first-order valence-electron chi connectivity index (χ1n) is 8.77. The van der Waals surface area contributed by atoms with Gasteiger partial charge in [-0.3, -0.25) is 4.99 Å². The molecule has 0 saturated heterocycles. The van der Waals surface area contributed by atoms with Crippen LogP contribution in [0.25, 0.3) is 0 Å². The van der Waals surface area contributed by atoms with E-state index in [1.165, 1.54) is 5.01 Å². The monoisotopic (exact) mass is 504 g/mol. The van der Waals surface area contributed by atoms with Crippen molar-refractivity contribution in [1.82, 2.24) is 15.6 Å². The summed E-state index contributed by atoms with van der Waals surface area (Å²) in [4.78, 5) is 8.73. The maximum absolute atomic E-state index is 5.91. The van der Waals surface area contributed by atoms with Crippen LogP contribution in [0.1, 0.15) is 24.0 Å². The molecule has 0 saturated carbocycles. The Balaban J connectivity index is 0.00000364. The number of aromatic nitrogens is 1. The van der Waals surface area contributed by atoms with Gasteiger partial charge in [-0.05, 0) is 32.4 Å². The fourth-order valence-electron chi connectivity index (χ4n) is 2.37. The number of benzene rings is 1. The van der Waals surface area contributed by atoms with Gasteiger partial charge in [0.05, 0.1) is 18.7 Å². The van der Waals surface area contributed by atoms with Gasteiger partial charge in [-0.25, -0.2) is 4.98 Å². The Morgan fingerprint density at radius 3 is 2.74 bits per heavy atom. The standard InChI is InChI=1S/C19H28N4O2S.HI/c1-14-13-26-18(23-14)9-6-10-21-19(20-3)22-12-15(2)25-17-8-5-7-16(11-17)24-4;/h5,7-8,11,13,15H,6,9-10,12H2,1-4H3,(H2,20,21,22);1H. The number of hydrogen-bond donors (Lipinski definition) is 2. The van der Waals surface area contributed by atoms with Crippen molar-refractivity contribution in [2.45, 2.75) is 32.8 Å². The summed E-state index contributed by atoms with van der Waals surface area (Å²) in [6.45, 7) is 5.55. The minimum atomic E-state index is -0.000972. The van der Waals surface area contributed by atoms with Gasteiger partial charge in [0.25, 0.3) is 0 Å². The van der Waals surface area contributed by atoms with Gasteiger partial charge in [-0.1, -0.05) is 6.07 Å². The number of nitrogens with one attached hydrogen (secondary N) is 2. The molecule has 1 atom stereocenters. The summed E-state index contributed by atoms with van der Waals surface area (Å²) in [6, 6.07) is 7.61. The molecule has 0 spiro atoms. The molecule has 2 N–H and O–H groups in total. The Bertz CT molecular complexity index is 709. The van der Waals surface area contributed by atoms with Gasteiger partial charge in [0.2, 0.25) is 0 Å². The van der Waals surface area contributed by atoms with Crippen molar-refractivity contribution >= 4 is 41.3 Å². The highest BCUT2D eigenvalue weighted by Crippen LogP contribution is 2.19. The van der Waals surface area contributed by atoms with E-state index in [0.717, 1.165) is 42.5 Å². The molecule has 0 aliphatic rings. The van der Waals surface area contributed by atoms with Crippen molar-refractivity contribution in [2.24, 2.45) is 4.99 Å². The first kappa shape index (κ1) is 23.5. The van der Waals surface area contributed by atoms with Crippen LogP contribution in [0.3, 0.4) is 0 Å². The molecular weight excluding hydrogens is 475 g/mol. The SMILES string of the molecule is CN=C(NCCCc1nc(C)cs1)NCC(C)Oc1cccc(OC)c1.I. The summed E-state index contributed by atoms with van der Waals surface area (Å²) in [5.74, 6) is 2.36. The van der Waals surface area contributed by atoms with Gasteiger partial charge in [0.15, 0.2) is 5.96 Å². The second-order valence-corrected chi connectivity index (χ2v) is 6.92. The van der Waals surface area contributed by atoms with Gasteiger partial charge in [0.1, 0.15) is 17.6 Å². The molecule has 0 fully saturated rings. The lowest BCUT2D eigenvalue weighted by molar-refractivity contribution is 0.223. The van der Waals surface area contributed by atoms with E-state index in [9.17, 15) is 0 Å². The predicted octanol–water partition coefficient (Wildman–Crippen LogP) is 3.64. The van der Waals surface area contributed by atoms with E-state index in [2.05, 4.69) is 26.0 Å². The maximum Gasteiger partial charge on any atom is 0.191 e. The van der Waals surface area contributed by atoms with Gasteiger partial charge in [-0.2, -0.15) is 0 Å². The summed E-state index contributed by atoms with van der Waals surface area (Å²) < 4.78 is 11.1. The van der Waals surface area contributed by atoms with Crippen LogP contribution in [-0.2, 0) is 6.42 Å². The number of thiazole rings is 1. The lowest BCUT2D eigenvalue weighted by Crippen LogP contribution is -2.42. The van der Waals surface area contributed by atoms with Crippen molar-refractivity contribution in [3.8, 4) is 11.5 Å². The van der Waals surface area contributed by atoms with Crippen LogP contribution in [0.15, 0.2) is 34.6 Å². The molecule has 0 bridgehead atoms. The van der Waals surface area contributed by atoms with E-state index in [0.29, 0.717) is 6.54 Å². The number of aliphatic imine (C=N–C) groups is 1. The summed E-state index contributed by atoms with van der Waals surface area (Å²) in [6.07, 6.45) is 2.00. The highest BCUT2D eigenvalue weighted by molar-refractivity contribution is 14.0. The number of ether oxygens (including phenoxy) is 2. The quantitative estimate of drug-likeness (QED) is 0.236. The molecule has 0 radical (unpaired) electrons. The van der Waals surface area contributed by atoms with Gasteiger partial charge in [-0.15, -0.1) is 35.3 Å². The number of hydrogen-bond acceptors (Lipinski definition) is 5. The number of rotatable bonds is 9. The molecule has 1 unspecified atom stereocenters. The summed E-state index contributed by atoms with van der Waals surface area (Å²) >= 11 is 1.72. The summed E-state index contributed by atoms with van der Waals surface area (Å²) in [5.41, 5.74) is 1.10. The molecule has 1 heterocycles. The number of guanidine groups is 1. The van der Waals surface area contributed by atoms with Crippen LogP contribution in [-0.4, -0.2) is 44.3 Å². The summed E-state index contributed by atoms with van der Waals surface area (Å²) in [7, 11) is 3.42. The largest absolute Gasteiger partial charge is 0.497 e. The maximum atomic E-state index is 5.91. The zero-order valence-corrected chi connectivity index (χ0v) is 19.5. The highest BCUT2D eigenvalue weighted by atomic mass is 127. The number of methoxy groups -OCH3 is 1. The van der Waals surface area contributed by atoms with Crippen LogP contribution in [0.4, 0.5) is 0 Å². The molecule has 150 valence electrons. The third-order valence-electron chi connectivity index (χ3n) is 3.69. The second-order valence-electron chi connectivity index (χ2n) is 5.97. The molecular formula is C19H29IN4O2S. The molecule has 1 aromatic heterocycles. The molecule has 8 heteroatoms. The molecule has 1 aromatic carbocycles. The van der Waals surface area contributed by atoms with Crippen molar-refractivity contribution in [2.75, 3.05) is 27.2 Å². The number of halogens is 1. The fraction of sp³-hybridized carbons (Fsp3) is 0.474. The van der Waals surface area contributed by atoms with E-state index in [1.807, 2.05) is 38.1 Å². The van der Waals surface area contributed by atoms with E-state index >= 15 is 0 Å². The Kier molecular flexibility index (Phi) is 11.1. The molecule has 2 rings (SSSR count). The Morgan fingerprint density at radius 1 is 1.30 bits per heavy atom. The van der Waals surface area contributed by atoms with E-state index in [4.69, 9.17) is 9.47 Å². The van der Waals surface area contributed by atoms with Crippen LogP contribution in [0.2, 0.25) is 0 Å². The topological polar surface area (TPSA) is 67.8 Å². The molecule has 6 nitrogen and oxygen atoms in total. The lowest BCUT2D eigenvalue weighted by Gasteiger charge is -2.18. The third kappa shape index (κ3) is 8.79. The van der Waals surface area contributed by atoms with Crippen LogP contribution < -0.4 is 20.1 Å². The Morgan fingerprint density at radius 2 is 2.07 bits per heavy atom. The van der Waals surface area contributed by atoms with Gasteiger partial charge >= 0.3 is 0 Å². The van der Waals surface area contributed by atoms with Crippen LogP contribution >= 0.6 is 35.3 Å². The van der Waals surface area contributed by atoms with Crippen LogP contribution in [0, 0.1) is 6.92 Å². The van der Waals surface area contributed by atoms with Gasteiger partial charge < -0.3 is 20.1 Å². The lowest BCUT2D eigenvalue weighted by atomic mass is 10.3. The molecule has 2 aromatic rings. The first-order chi connectivity index (χ1) is 12.6. The smallest absolute Gasteiger partial charge is 0.191 e. The zero-order valence-electron chi connectivity index (χ0n) is 16.3. The van der Waals surface area contributed by atoms with Crippen molar-refractivity contribution in [1.29, 1.82) is 0 Å². The highest BCUT2D eigenvalue weighted by Gasteiger charge is 2.07. The average Bonchev–Trinajstić information content (AvgIpc) is 3.06. The molecule has 27 heavy (non-hydrogen) atoms. The van der Waals surface area contributed by atoms with Crippen molar-refractivity contribution < 1.29 is 9.47 Å². The molecule has 0 aliphatic heterocycles. The minimum Gasteiger partial charge on any atom is -0.497 e. The first-order valence-corrected chi connectivity index (χ1v) is 9.65. The van der Waals surface area contributed by atoms with E-state index < -0.39 is 0 Å². The normalized spacial score (nSPS) is 12.1. The Labute approximate surface area is 182 Å². The fourth-order valence-corrected chi connectivity index (χ4v) is 3.19. The zero-order chi connectivity index (χ0) is 18.8. The predicted molar refractivity (Wildman–Crippen MR) is 123 cm³/mol. The van der Waals surface area contributed by atoms with Crippen molar-refractivity contribution in [3.63, 3.8) is 0 Å². The summed E-state index contributed by atoms with van der Waals surface area (Å²) in [5, 5.41) is 9.89. The van der Waals surface area contributed by atoms with Crippen molar-refractivity contribution in [3.05, 3.63) is 40.3 Å². The third-order valence-corrected chi connectivity index (χ3v) is 4.71. The van der Waals surface area contributed by atoms with Crippen LogP contribution in [0.5, 0.6) is 11.5 Å². The van der Waals surface area contributed by atoms with E-state index in [-0.39, 0.29) is 30.1 Å². The molecule has 0 aliphatic carbocycles. The minimum absolute atomic E-state index is 0. The number of nitrogens with zero attached hydrogens (tertiary/aromatic N) is 2. The van der Waals surface area contributed by atoms with E-state index in [1.54, 1.807) is 25.5 Å². The number of aryl methyl sites for hydroxylation is 2. The van der Waals surface area contributed by atoms with Gasteiger partial charge in [0, 0.05) is 37.2 Å². The Hall–Kier alpha value is -1.55. The molecule has 0 amide bonds. The second kappa shape index (κ2) is 12.8. The average molecular weight is 504 g/mol.